The van der Waals surface area contributed by atoms with Crippen molar-refractivity contribution in [1.29, 1.82) is 0 Å². The molecule has 1 saturated heterocycles. The zero-order valence-corrected chi connectivity index (χ0v) is 14.4. The van der Waals surface area contributed by atoms with E-state index in [4.69, 9.17) is 10.5 Å². The van der Waals surface area contributed by atoms with Crippen molar-refractivity contribution in [2.45, 2.75) is 38.6 Å². The first-order chi connectivity index (χ1) is 9.16. The molecule has 1 unspecified atom stereocenters. The van der Waals surface area contributed by atoms with Gasteiger partial charge in [-0.1, -0.05) is 12.8 Å². The summed E-state index contributed by atoms with van der Waals surface area (Å²) in [4.78, 5) is 14.8. The van der Waals surface area contributed by atoms with Crippen LogP contribution in [0.4, 0.5) is 0 Å². The second-order valence-corrected chi connectivity index (χ2v) is 5.98. The summed E-state index contributed by atoms with van der Waals surface area (Å²) in [6.07, 6.45) is 4.14. The lowest BCUT2D eigenvalue weighted by molar-refractivity contribution is -0.131. The predicted molar refractivity (Wildman–Crippen MR) is 89.3 cm³/mol. The highest BCUT2D eigenvalue weighted by atomic mass is 35.5. The lowest BCUT2D eigenvalue weighted by Crippen LogP contribution is -2.51. The fourth-order valence-electron chi connectivity index (χ4n) is 3.17. The predicted octanol–water partition coefficient (Wildman–Crippen LogP) is 1.19. The maximum Gasteiger partial charge on any atom is 0.227 e. The third kappa shape index (κ3) is 5.57. The first-order valence-corrected chi connectivity index (χ1v) is 7.47. The first kappa shape index (κ1) is 20.9. The van der Waals surface area contributed by atoms with Crippen LogP contribution in [0.5, 0.6) is 0 Å². The van der Waals surface area contributed by atoms with Crippen molar-refractivity contribution < 1.29 is 9.53 Å². The van der Waals surface area contributed by atoms with E-state index in [0.29, 0.717) is 6.54 Å². The van der Waals surface area contributed by atoms with E-state index in [1.165, 1.54) is 0 Å². The van der Waals surface area contributed by atoms with Crippen LogP contribution in [-0.2, 0) is 9.53 Å². The normalized spacial score (nSPS) is 22.8. The van der Waals surface area contributed by atoms with Gasteiger partial charge in [0, 0.05) is 32.2 Å². The molecule has 0 spiro atoms. The zero-order valence-electron chi connectivity index (χ0n) is 12.8. The minimum atomic E-state index is -0.292. The molecule has 5 nitrogen and oxygen atoms in total. The Morgan fingerprint density at radius 1 is 1.29 bits per heavy atom. The molecule has 1 atom stereocenters. The van der Waals surface area contributed by atoms with Crippen LogP contribution in [0.25, 0.3) is 0 Å². The lowest BCUT2D eigenvalue weighted by atomic mass is 9.85. The molecule has 1 aliphatic heterocycles. The van der Waals surface area contributed by atoms with E-state index < -0.39 is 0 Å². The Balaban J connectivity index is 0.00000200. The number of rotatable bonds is 5. The number of nitrogens with zero attached hydrogens (tertiary/aromatic N) is 1. The quantitative estimate of drug-likeness (QED) is 0.788. The summed E-state index contributed by atoms with van der Waals surface area (Å²) in [6, 6.07) is 0.176. The SMILES string of the molecule is CC(CN1CCOCC1)NC(=O)C1(CN)CCCC1.Cl.Cl. The number of amides is 1. The Bertz CT molecular complexity index is 307. The van der Waals surface area contributed by atoms with Gasteiger partial charge in [0.15, 0.2) is 0 Å². The molecule has 21 heavy (non-hydrogen) atoms. The van der Waals surface area contributed by atoms with Gasteiger partial charge in [0.25, 0.3) is 0 Å². The Morgan fingerprint density at radius 2 is 1.86 bits per heavy atom. The Labute approximate surface area is 140 Å². The summed E-state index contributed by atoms with van der Waals surface area (Å²) in [7, 11) is 0. The summed E-state index contributed by atoms with van der Waals surface area (Å²) in [5.41, 5.74) is 5.55. The van der Waals surface area contributed by atoms with E-state index in [-0.39, 0.29) is 42.2 Å². The molecule has 0 aromatic heterocycles. The van der Waals surface area contributed by atoms with E-state index in [1.54, 1.807) is 0 Å². The molecule has 1 aliphatic carbocycles. The number of hydrogen-bond donors (Lipinski definition) is 2. The topological polar surface area (TPSA) is 67.6 Å². The van der Waals surface area contributed by atoms with Crippen LogP contribution in [0.3, 0.4) is 0 Å². The van der Waals surface area contributed by atoms with E-state index in [1.807, 2.05) is 0 Å². The lowest BCUT2D eigenvalue weighted by Gasteiger charge is -2.32. The van der Waals surface area contributed by atoms with Crippen molar-refractivity contribution in [2.24, 2.45) is 11.1 Å². The number of carbonyl (C=O) groups excluding carboxylic acids is 1. The van der Waals surface area contributed by atoms with Crippen LogP contribution in [-0.4, -0.2) is 56.2 Å². The van der Waals surface area contributed by atoms with Crippen LogP contribution in [0.2, 0.25) is 0 Å². The summed E-state index contributed by atoms with van der Waals surface area (Å²) < 4.78 is 5.33. The van der Waals surface area contributed by atoms with Crippen molar-refractivity contribution in [2.75, 3.05) is 39.4 Å². The third-order valence-electron chi connectivity index (χ3n) is 4.45. The first-order valence-electron chi connectivity index (χ1n) is 7.47. The van der Waals surface area contributed by atoms with E-state index >= 15 is 0 Å². The van der Waals surface area contributed by atoms with Crippen molar-refractivity contribution in [1.82, 2.24) is 10.2 Å². The van der Waals surface area contributed by atoms with Crippen LogP contribution in [0.1, 0.15) is 32.6 Å². The van der Waals surface area contributed by atoms with Gasteiger partial charge in [-0.3, -0.25) is 9.69 Å². The maximum absolute atomic E-state index is 12.4. The Hall–Kier alpha value is -0.0700. The second-order valence-electron chi connectivity index (χ2n) is 5.98. The van der Waals surface area contributed by atoms with Crippen LogP contribution < -0.4 is 11.1 Å². The number of carbonyl (C=O) groups is 1. The minimum absolute atomic E-state index is 0. The average molecular weight is 342 g/mol. The summed E-state index contributed by atoms with van der Waals surface area (Å²) in [5, 5.41) is 3.16. The van der Waals surface area contributed by atoms with Crippen molar-refractivity contribution in [3.05, 3.63) is 0 Å². The van der Waals surface area contributed by atoms with Gasteiger partial charge in [-0.05, 0) is 19.8 Å². The fraction of sp³-hybridized carbons (Fsp3) is 0.929. The highest BCUT2D eigenvalue weighted by Crippen LogP contribution is 2.37. The molecule has 0 aromatic carbocycles. The molecule has 1 amide bonds. The van der Waals surface area contributed by atoms with E-state index in [9.17, 15) is 4.79 Å². The van der Waals surface area contributed by atoms with Crippen LogP contribution in [0.15, 0.2) is 0 Å². The summed E-state index contributed by atoms with van der Waals surface area (Å²) in [5.74, 6) is 0.160. The standard InChI is InChI=1S/C14H27N3O2.2ClH/c1-12(10-17-6-8-19-9-7-17)16-13(18)14(11-15)4-2-3-5-14;;/h12H,2-11,15H2,1H3,(H,16,18);2*1H. The van der Waals surface area contributed by atoms with Gasteiger partial charge in [0.1, 0.15) is 0 Å². The van der Waals surface area contributed by atoms with Gasteiger partial charge in [-0.25, -0.2) is 0 Å². The molecule has 2 rings (SSSR count). The molecular formula is C14H29Cl2N3O2. The number of halogens is 2. The fourth-order valence-corrected chi connectivity index (χ4v) is 3.17. The van der Waals surface area contributed by atoms with Crippen molar-refractivity contribution in [3.8, 4) is 0 Å². The van der Waals surface area contributed by atoms with Gasteiger partial charge < -0.3 is 15.8 Å². The van der Waals surface area contributed by atoms with E-state index in [2.05, 4.69) is 17.1 Å². The Morgan fingerprint density at radius 3 is 2.38 bits per heavy atom. The molecule has 3 N–H and O–H groups in total. The zero-order chi connectivity index (χ0) is 13.7. The summed E-state index contributed by atoms with van der Waals surface area (Å²) >= 11 is 0. The molecule has 0 bridgehead atoms. The molecule has 2 fully saturated rings. The number of nitrogens with two attached hydrogens (primary N) is 1. The van der Waals surface area contributed by atoms with Crippen molar-refractivity contribution in [3.63, 3.8) is 0 Å². The van der Waals surface area contributed by atoms with Gasteiger partial charge in [0.05, 0.1) is 18.6 Å². The molecule has 0 aromatic rings. The molecule has 0 radical (unpaired) electrons. The van der Waals surface area contributed by atoms with Gasteiger partial charge in [0.2, 0.25) is 5.91 Å². The Kier molecular flexibility index (Phi) is 9.81. The molecule has 126 valence electrons. The molecule has 1 saturated carbocycles. The molecule has 7 heteroatoms. The van der Waals surface area contributed by atoms with Gasteiger partial charge >= 0.3 is 0 Å². The highest BCUT2D eigenvalue weighted by Gasteiger charge is 2.40. The van der Waals surface area contributed by atoms with Crippen LogP contribution in [0, 0.1) is 5.41 Å². The molecule has 1 heterocycles. The monoisotopic (exact) mass is 341 g/mol. The number of morpholine rings is 1. The van der Waals surface area contributed by atoms with Crippen molar-refractivity contribution >= 4 is 30.7 Å². The number of nitrogens with one attached hydrogen (secondary N) is 1. The highest BCUT2D eigenvalue weighted by molar-refractivity contribution is 5.85. The number of hydrogen-bond acceptors (Lipinski definition) is 4. The van der Waals surface area contributed by atoms with Gasteiger partial charge in [-0.15, -0.1) is 24.8 Å². The smallest absolute Gasteiger partial charge is 0.227 e. The maximum atomic E-state index is 12.4. The average Bonchev–Trinajstić information content (AvgIpc) is 2.89. The second kappa shape index (κ2) is 9.85. The van der Waals surface area contributed by atoms with Gasteiger partial charge in [-0.2, -0.15) is 0 Å². The minimum Gasteiger partial charge on any atom is -0.379 e. The van der Waals surface area contributed by atoms with Crippen LogP contribution >= 0.6 is 24.8 Å². The third-order valence-corrected chi connectivity index (χ3v) is 4.45. The summed E-state index contributed by atoms with van der Waals surface area (Å²) in [6.45, 7) is 6.97. The molecule has 2 aliphatic rings. The number of ether oxygens (including phenoxy) is 1. The van der Waals surface area contributed by atoms with E-state index in [0.717, 1.165) is 58.5 Å². The molecular weight excluding hydrogens is 313 g/mol. The largest absolute Gasteiger partial charge is 0.379 e.